The van der Waals surface area contributed by atoms with Crippen molar-refractivity contribution in [1.82, 2.24) is 0 Å². The van der Waals surface area contributed by atoms with Gasteiger partial charge in [0.2, 0.25) is 0 Å². The Labute approximate surface area is 184 Å². The Bertz CT molecular complexity index is 988. The van der Waals surface area contributed by atoms with Crippen molar-refractivity contribution in [3.8, 4) is 6.07 Å². The van der Waals surface area contributed by atoms with E-state index in [0.717, 1.165) is 17.7 Å². The molecule has 1 amide bonds. The lowest BCUT2D eigenvalue weighted by atomic mass is 9.97. The summed E-state index contributed by atoms with van der Waals surface area (Å²) >= 11 is 0. The average molecular weight is 420 g/mol. The Morgan fingerprint density at radius 2 is 1.77 bits per heavy atom. The number of nitrogens with zero attached hydrogens (tertiary/aromatic N) is 2. The van der Waals surface area contributed by atoms with Gasteiger partial charge in [-0.2, -0.15) is 5.26 Å². The van der Waals surface area contributed by atoms with Crippen LogP contribution >= 0.6 is 0 Å². The highest BCUT2D eigenvalue weighted by molar-refractivity contribution is 6.01. The lowest BCUT2D eigenvalue weighted by Crippen LogP contribution is -2.30. The maximum Gasteiger partial charge on any atom is 0.349 e. The highest BCUT2D eigenvalue weighted by atomic mass is 16.5. The second kappa shape index (κ2) is 11.0. The summed E-state index contributed by atoms with van der Waals surface area (Å²) in [6, 6.07) is 16.8. The first-order chi connectivity index (χ1) is 14.8. The van der Waals surface area contributed by atoms with E-state index in [0.29, 0.717) is 11.3 Å². The normalized spacial score (nSPS) is 13.0. The molecule has 0 bridgehead atoms. The van der Waals surface area contributed by atoms with Gasteiger partial charge in [0.25, 0.3) is 5.91 Å². The molecule has 0 aromatic heterocycles. The summed E-state index contributed by atoms with van der Waals surface area (Å²) in [5.41, 5.74) is 3.24. The molecule has 0 heterocycles. The molecular formula is C25H29N3O3. The number of hydrogen-bond acceptors (Lipinski definition) is 5. The quantitative estimate of drug-likeness (QED) is 0.379. The van der Waals surface area contributed by atoms with Crippen molar-refractivity contribution in [3.05, 3.63) is 65.2 Å². The number of carbonyl (C=O) groups excluding carboxylic acids is 2. The van der Waals surface area contributed by atoms with E-state index in [1.54, 1.807) is 0 Å². The Kier molecular flexibility index (Phi) is 8.39. The molecule has 162 valence electrons. The molecule has 2 aromatic rings. The molecule has 2 atom stereocenters. The summed E-state index contributed by atoms with van der Waals surface area (Å²) in [5.74, 6) is -1.00. The predicted molar refractivity (Wildman–Crippen MR) is 124 cm³/mol. The topological polar surface area (TPSA) is 82.4 Å². The lowest BCUT2D eigenvalue weighted by molar-refractivity contribution is -0.148. The number of rotatable bonds is 8. The first kappa shape index (κ1) is 23.7. The van der Waals surface area contributed by atoms with Crippen molar-refractivity contribution >= 4 is 29.3 Å². The van der Waals surface area contributed by atoms with Crippen LogP contribution in [-0.2, 0) is 14.3 Å². The van der Waals surface area contributed by atoms with Crippen molar-refractivity contribution < 1.29 is 14.3 Å². The molecule has 0 aliphatic heterocycles. The molecule has 0 unspecified atom stereocenters. The van der Waals surface area contributed by atoms with Crippen molar-refractivity contribution in [3.63, 3.8) is 0 Å². The monoisotopic (exact) mass is 419 g/mol. The molecular weight excluding hydrogens is 390 g/mol. The Morgan fingerprint density at radius 3 is 2.35 bits per heavy atom. The Balaban J connectivity index is 2.08. The number of carbonyl (C=O) groups is 2. The van der Waals surface area contributed by atoms with E-state index in [1.165, 1.54) is 13.0 Å². The Hall–Kier alpha value is -3.59. The van der Waals surface area contributed by atoms with Gasteiger partial charge in [-0.1, -0.05) is 44.2 Å². The van der Waals surface area contributed by atoms with E-state index in [1.807, 2.05) is 73.6 Å². The van der Waals surface area contributed by atoms with E-state index in [2.05, 4.69) is 19.2 Å². The van der Waals surface area contributed by atoms with E-state index >= 15 is 0 Å². The van der Waals surface area contributed by atoms with Crippen LogP contribution in [0.25, 0.3) is 6.08 Å². The molecule has 2 aromatic carbocycles. The first-order valence-electron chi connectivity index (χ1n) is 10.3. The fourth-order valence-electron chi connectivity index (χ4n) is 2.94. The van der Waals surface area contributed by atoms with Crippen LogP contribution in [0.2, 0.25) is 0 Å². The standard InChI is InChI=1S/C25H29N3O3/c1-6-17(2)22-9-7-8-10-23(22)27-24(29)18(3)31-25(30)20(16-26)15-19-11-13-21(14-12-19)28(4)5/h7-15,17-18H,6H2,1-5H3,(H,27,29)/b20-15+/t17-,18+/m0/s1. The predicted octanol–water partition coefficient (Wildman–Crippen LogP) is 4.74. The van der Waals surface area contributed by atoms with Gasteiger partial charge in [0.15, 0.2) is 6.10 Å². The largest absolute Gasteiger partial charge is 0.448 e. The maximum atomic E-state index is 12.6. The minimum atomic E-state index is -1.05. The van der Waals surface area contributed by atoms with Crippen LogP contribution in [0.4, 0.5) is 11.4 Å². The molecule has 0 saturated carbocycles. The van der Waals surface area contributed by atoms with Crippen LogP contribution in [0.15, 0.2) is 54.1 Å². The van der Waals surface area contributed by atoms with Crippen LogP contribution in [-0.4, -0.2) is 32.1 Å². The molecule has 6 nitrogen and oxygen atoms in total. The smallest absolute Gasteiger partial charge is 0.349 e. The minimum Gasteiger partial charge on any atom is -0.448 e. The van der Waals surface area contributed by atoms with Gasteiger partial charge in [0, 0.05) is 25.5 Å². The molecule has 0 aliphatic carbocycles. The van der Waals surface area contributed by atoms with E-state index in [4.69, 9.17) is 4.74 Å². The third-order valence-electron chi connectivity index (χ3n) is 5.08. The number of nitrogens with one attached hydrogen (secondary N) is 1. The van der Waals surface area contributed by atoms with Gasteiger partial charge in [-0.25, -0.2) is 4.79 Å². The second-order valence-electron chi connectivity index (χ2n) is 7.59. The highest BCUT2D eigenvalue weighted by Gasteiger charge is 2.22. The minimum absolute atomic E-state index is 0.169. The SMILES string of the molecule is CC[C@H](C)c1ccccc1NC(=O)[C@@H](C)OC(=O)/C(C#N)=C/c1ccc(N(C)C)cc1. The van der Waals surface area contributed by atoms with Crippen molar-refractivity contribution in [2.45, 2.75) is 39.2 Å². The lowest BCUT2D eigenvalue weighted by Gasteiger charge is -2.18. The number of benzene rings is 2. The number of nitriles is 1. The summed E-state index contributed by atoms with van der Waals surface area (Å²) in [7, 11) is 3.85. The van der Waals surface area contributed by atoms with Gasteiger partial charge >= 0.3 is 5.97 Å². The third-order valence-corrected chi connectivity index (χ3v) is 5.08. The second-order valence-corrected chi connectivity index (χ2v) is 7.59. The summed E-state index contributed by atoms with van der Waals surface area (Å²) < 4.78 is 5.25. The molecule has 1 N–H and O–H groups in total. The van der Waals surface area contributed by atoms with Crippen LogP contribution in [0, 0.1) is 11.3 Å². The molecule has 6 heteroatoms. The number of para-hydroxylation sites is 1. The van der Waals surface area contributed by atoms with Gasteiger partial charge in [0.05, 0.1) is 0 Å². The fraction of sp³-hybridized carbons (Fsp3) is 0.320. The number of hydrogen-bond donors (Lipinski definition) is 1. The summed E-state index contributed by atoms with van der Waals surface area (Å²) in [6.45, 7) is 5.65. The number of anilines is 2. The van der Waals surface area contributed by atoms with E-state index in [-0.39, 0.29) is 11.5 Å². The molecule has 0 aliphatic rings. The molecule has 2 rings (SSSR count). The molecule has 0 spiro atoms. The van der Waals surface area contributed by atoms with E-state index in [9.17, 15) is 14.9 Å². The fourth-order valence-corrected chi connectivity index (χ4v) is 2.94. The van der Waals surface area contributed by atoms with Crippen LogP contribution in [0.1, 0.15) is 44.2 Å². The molecule has 0 saturated heterocycles. The summed E-state index contributed by atoms with van der Waals surface area (Å²) in [5, 5.41) is 12.2. The zero-order valence-electron chi connectivity index (χ0n) is 18.7. The number of ether oxygens (including phenoxy) is 1. The zero-order chi connectivity index (χ0) is 23.0. The van der Waals surface area contributed by atoms with Gasteiger partial charge in [-0.3, -0.25) is 4.79 Å². The van der Waals surface area contributed by atoms with Gasteiger partial charge in [0.1, 0.15) is 11.6 Å². The average Bonchev–Trinajstić information content (AvgIpc) is 2.77. The molecule has 31 heavy (non-hydrogen) atoms. The first-order valence-corrected chi connectivity index (χ1v) is 10.3. The highest BCUT2D eigenvalue weighted by Crippen LogP contribution is 2.26. The number of esters is 1. The van der Waals surface area contributed by atoms with Crippen LogP contribution in [0.5, 0.6) is 0 Å². The van der Waals surface area contributed by atoms with Crippen LogP contribution < -0.4 is 10.2 Å². The zero-order valence-corrected chi connectivity index (χ0v) is 18.7. The van der Waals surface area contributed by atoms with Gasteiger partial charge in [-0.05, 0) is 54.7 Å². The Morgan fingerprint density at radius 1 is 1.13 bits per heavy atom. The summed E-state index contributed by atoms with van der Waals surface area (Å²) in [4.78, 5) is 27.0. The van der Waals surface area contributed by atoms with Crippen molar-refractivity contribution in [1.29, 1.82) is 5.26 Å². The van der Waals surface area contributed by atoms with E-state index < -0.39 is 18.0 Å². The number of amides is 1. The van der Waals surface area contributed by atoms with Crippen molar-refractivity contribution in [2.75, 3.05) is 24.3 Å². The summed E-state index contributed by atoms with van der Waals surface area (Å²) in [6.07, 6.45) is 1.33. The third kappa shape index (κ3) is 6.45. The van der Waals surface area contributed by atoms with Gasteiger partial charge < -0.3 is 15.0 Å². The molecule has 0 radical (unpaired) electrons. The van der Waals surface area contributed by atoms with Crippen LogP contribution in [0.3, 0.4) is 0 Å². The van der Waals surface area contributed by atoms with Gasteiger partial charge in [-0.15, -0.1) is 0 Å². The molecule has 0 fully saturated rings. The van der Waals surface area contributed by atoms with Crippen molar-refractivity contribution in [2.24, 2.45) is 0 Å². The maximum absolute atomic E-state index is 12.6.